The van der Waals surface area contributed by atoms with Gasteiger partial charge in [0.25, 0.3) is 0 Å². The van der Waals surface area contributed by atoms with E-state index in [1.165, 1.54) is 17.0 Å². The minimum atomic E-state index is -3.75. The average Bonchev–Trinajstić information content (AvgIpc) is 2.45. The number of aliphatic carboxylic acids is 2. The van der Waals surface area contributed by atoms with Crippen LogP contribution < -0.4 is 5.14 Å². The Kier molecular flexibility index (Phi) is 12.2. The van der Waals surface area contributed by atoms with Crippen LogP contribution in [0, 0.1) is 6.65 Å². The van der Waals surface area contributed by atoms with Crippen molar-refractivity contribution in [1.82, 2.24) is 4.90 Å². The Hall–Kier alpha value is -1.57. The third kappa shape index (κ3) is 10.3. The summed E-state index contributed by atoms with van der Waals surface area (Å²) in [4.78, 5) is 22.5. The predicted molar refractivity (Wildman–Crippen MR) is 77.2 cm³/mol. The number of benzene rings is 1. The maximum atomic E-state index is 11.1. The van der Waals surface area contributed by atoms with Crippen molar-refractivity contribution < 1.29 is 53.3 Å². The number of carboxylic acid groups (broad SMARTS) is 2. The van der Waals surface area contributed by atoms with E-state index in [2.05, 4.69) is 6.65 Å². The first-order valence-electron chi connectivity index (χ1n) is 6.16. The van der Waals surface area contributed by atoms with Crippen molar-refractivity contribution in [3.05, 3.63) is 36.5 Å². The van der Waals surface area contributed by atoms with E-state index in [9.17, 15) is 18.0 Å². The summed E-state index contributed by atoms with van der Waals surface area (Å²) in [6.45, 7) is 3.98. The fourth-order valence-electron chi connectivity index (χ4n) is 1.73. The molecule has 0 unspecified atom stereocenters. The molecule has 0 aliphatic heterocycles. The molecule has 0 atom stereocenters. The molecule has 0 aliphatic carbocycles. The van der Waals surface area contributed by atoms with Crippen molar-refractivity contribution in [2.75, 3.05) is 19.6 Å². The van der Waals surface area contributed by atoms with E-state index >= 15 is 0 Å². The number of carbonyl (C=O) groups is 2. The Bertz CT molecular complexity index is 643. The van der Waals surface area contributed by atoms with Gasteiger partial charge < -0.3 is 10.2 Å². The van der Waals surface area contributed by atoms with Crippen molar-refractivity contribution in [2.45, 2.75) is 11.3 Å². The molecule has 1 radical (unpaired) electrons. The van der Waals surface area contributed by atoms with Gasteiger partial charge in [0, 0.05) is 27.0 Å². The molecule has 0 saturated carbocycles. The van der Waals surface area contributed by atoms with Crippen LogP contribution in [0.15, 0.2) is 29.2 Å². The third-order valence-corrected chi connectivity index (χ3v) is 3.62. The fraction of sp³-hybridized carbons (Fsp3) is 0.308. The van der Waals surface area contributed by atoms with Crippen LogP contribution in [0.25, 0.3) is 0 Å². The fourth-order valence-corrected chi connectivity index (χ4v) is 2.25. The molecular formula is C13H16N2O7ReS. The van der Waals surface area contributed by atoms with Crippen molar-refractivity contribution in [3.63, 3.8) is 0 Å². The molecule has 0 fully saturated rings. The van der Waals surface area contributed by atoms with E-state index in [0.717, 1.165) is 5.56 Å². The van der Waals surface area contributed by atoms with Crippen LogP contribution in [-0.4, -0.2) is 55.1 Å². The number of hydrogen-bond donors (Lipinski definition) is 3. The molecule has 1 rings (SSSR count). The summed E-state index contributed by atoms with van der Waals surface area (Å²) in [5.41, 5.74) is 0.753. The van der Waals surface area contributed by atoms with Gasteiger partial charge in [0.2, 0.25) is 10.0 Å². The minimum Gasteiger partial charge on any atom is 0 e. The van der Waals surface area contributed by atoms with Crippen LogP contribution in [0.4, 0.5) is 0 Å². The molecule has 0 bridgehead atoms. The van der Waals surface area contributed by atoms with Gasteiger partial charge in [-0.25, -0.2) is 13.6 Å². The van der Waals surface area contributed by atoms with Gasteiger partial charge in [0.15, 0.2) is 0 Å². The zero-order chi connectivity index (χ0) is 18.0. The van der Waals surface area contributed by atoms with Gasteiger partial charge in [0.05, 0.1) is 18.0 Å². The van der Waals surface area contributed by atoms with Gasteiger partial charge in [-0.1, -0.05) is 12.1 Å². The molecule has 0 aliphatic rings. The summed E-state index contributed by atoms with van der Waals surface area (Å²) < 4.78 is 29.7. The van der Waals surface area contributed by atoms with Crippen molar-refractivity contribution in [1.29, 1.82) is 0 Å². The summed E-state index contributed by atoms with van der Waals surface area (Å²) in [7, 11) is -3.75. The maximum absolute atomic E-state index is 11.1. The summed E-state index contributed by atoms with van der Waals surface area (Å²) >= 11 is 0. The Morgan fingerprint density at radius 2 is 1.50 bits per heavy atom. The molecule has 0 heterocycles. The van der Waals surface area contributed by atoms with Gasteiger partial charge >= 0.3 is 23.2 Å². The first kappa shape index (κ1) is 24.7. The number of hydrogen-bond acceptors (Lipinski definition) is 5. The molecule has 1 aromatic rings. The monoisotopic (exact) mass is 531 g/mol. The minimum absolute atomic E-state index is 0. The molecule has 9 nitrogen and oxygen atoms in total. The van der Waals surface area contributed by atoms with E-state index in [1.54, 1.807) is 12.1 Å². The summed E-state index contributed by atoms with van der Waals surface area (Å²) in [6.07, 6.45) is 0.394. The topological polar surface area (TPSA) is 158 Å². The number of nitrogens with zero attached hydrogens (tertiary/aromatic N) is 1. The summed E-state index contributed by atoms with van der Waals surface area (Å²) in [6, 6.07) is 5.81. The number of rotatable bonds is 8. The number of nitrogens with two attached hydrogens (primary N) is 1. The first-order chi connectivity index (χ1) is 10.7. The number of sulfonamides is 1. The average molecular weight is 531 g/mol. The van der Waals surface area contributed by atoms with Gasteiger partial charge in [0.1, 0.15) is 0 Å². The van der Waals surface area contributed by atoms with E-state index in [1.807, 2.05) is 0 Å². The molecule has 4 N–H and O–H groups in total. The standard InChI is InChI=1S/C12H16N2O6S.CO.Re/c13-21(19,20)10-3-1-9(2-4-10)5-6-14(7-11(15)16)8-12(17)18;1-2;/h1-4H,5-8H2,(H,15,16)(H,17,18)(H2,13,19,20);;. The third-order valence-electron chi connectivity index (χ3n) is 2.69. The molecule has 24 heavy (non-hydrogen) atoms. The van der Waals surface area contributed by atoms with Crippen molar-refractivity contribution in [3.8, 4) is 0 Å². The second kappa shape index (κ2) is 11.9. The predicted octanol–water partition coefficient (Wildman–Crippen LogP) is -0.692. The normalized spacial score (nSPS) is 10.2. The van der Waals surface area contributed by atoms with Crippen LogP contribution >= 0.6 is 0 Å². The van der Waals surface area contributed by atoms with Gasteiger partial charge in [-0.3, -0.25) is 14.5 Å². The van der Waals surface area contributed by atoms with Crippen molar-refractivity contribution >= 4 is 22.0 Å². The van der Waals surface area contributed by atoms with E-state index in [-0.39, 0.29) is 45.0 Å². The van der Waals surface area contributed by atoms with Crippen LogP contribution in [0.2, 0.25) is 0 Å². The molecule has 11 heteroatoms. The maximum Gasteiger partial charge on any atom is 0 e. The Balaban J connectivity index is 0. The number of carboxylic acids is 2. The number of primary sulfonamides is 1. The molecule has 133 valence electrons. The first-order valence-corrected chi connectivity index (χ1v) is 7.71. The molecule has 0 spiro atoms. The smallest absolute Gasteiger partial charge is 0 e. The SMILES string of the molecule is NS(=O)(=O)c1ccc(CCN(CC(=O)O)CC(=O)O)cc1.[C-]#[O+].[Re]. The zero-order valence-electron chi connectivity index (χ0n) is 12.4. The Labute approximate surface area is 152 Å². The van der Waals surface area contributed by atoms with Crippen molar-refractivity contribution in [2.24, 2.45) is 5.14 Å². The summed E-state index contributed by atoms with van der Waals surface area (Å²) in [5, 5.41) is 22.4. The van der Waals surface area contributed by atoms with Gasteiger partial charge in [-0.05, 0) is 24.1 Å². The molecule has 0 amide bonds. The zero-order valence-corrected chi connectivity index (χ0v) is 15.9. The van der Waals surface area contributed by atoms with E-state index < -0.39 is 22.0 Å². The molecule has 1 aromatic carbocycles. The van der Waals surface area contributed by atoms with Gasteiger partial charge in [-0.15, -0.1) is 0 Å². The Morgan fingerprint density at radius 3 is 1.83 bits per heavy atom. The molecule has 0 saturated heterocycles. The van der Waals surface area contributed by atoms with Crippen LogP contribution in [0.5, 0.6) is 0 Å². The largest absolute Gasteiger partial charge is 0 e. The van der Waals surface area contributed by atoms with Crippen LogP contribution in [-0.2, 0) is 51.1 Å². The van der Waals surface area contributed by atoms with Crippen LogP contribution in [0.3, 0.4) is 0 Å². The Morgan fingerprint density at radius 1 is 1.08 bits per heavy atom. The van der Waals surface area contributed by atoms with E-state index in [4.69, 9.17) is 20.0 Å². The second-order valence-corrected chi connectivity index (χ2v) is 6.00. The molecular weight excluding hydrogens is 514 g/mol. The van der Waals surface area contributed by atoms with E-state index in [0.29, 0.717) is 6.42 Å². The quantitative estimate of drug-likeness (QED) is 0.296. The molecule has 0 aromatic heterocycles. The summed E-state index contributed by atoms with van der Waals surface area (Å²) in [5.74, 6) is -2.22. The van der Waals surface area contributed by atoms with Crippen LogP contribution in [0.1, 0.15) is 5.56 Å². The van der Waals surface area contributed by atoms with Gasteiger partial charge in [-0.2, -0.15) is 0 Å². The second-order valence-electron chi connectivity index (χ2n) is 4.44.